The van der Waals surface area contributed by atoms with Crippen molar-refractivity contribution in [3.63, 3.8) is 0 Å². The number of benzene rings is 1. The Kier molecular flexibility index (Phi) is 3.40. The first-order valence-electron chi connectivity index (χ1n) is 7.55. The summed E-state index contributed by atoms with van der Waals surface area (Å²) in [4.78, 5) is 23.8. The van der Waals surface area contributed by atoms with E-state index in [-0.39, 0.29) is 11.9 Å². The monoisotopic (exact) mass is 283 g/mol. The van der Waals surface area contributed by atoms with E-state index in [0.29, 0.717) is 11.6 Å². The van der Waals surface area contributed by atoms with Crippen LogP contribution in [0.2, 0.25) is 0 Å². The molecule has 4 heteroatoms. The predicted octanol–water partition coefficient (Wildman–Crippen LogP) is 3.26. The first kappa shape index (κ1) is 14.0. The maximum atomic E-state index is 12.7. The maximum absolute atomic E-state index is 12.7. The molecule has 1 amide bonds. The Labute approximate surface area is 125 Å². The molecule has 110 valence electrons. The van der Waals surface area contributed by atoms with Crippen molar-refractivity contribution in [2.45, 2.75) is 52.6 Å². The molecule has 1 aromatic carbocycles. The third-order valence-corrected chi connectivity index (χ3v) is 4.05. The van der Waals surface area contributed by atoms with E-state index in [1.807, 2.05) is 36.9 Å². The van der Waals surface area contributed by atoms with E-state index in [0.717, 1.165) is 35.3 Å². The second kappa shape index (κ2) is 5.10. The molecule has 0 aliphatic heterocycles. The minimum absolute atomic E-state index is 0.106. The van der Waals surface area contributed by atoms with Crippen LogP contribution < -0.4 is 0 Å². The van der Waals surface area contributed by atoms with Gasteiger partial charge in [0, 0.05) is 17.6 Å². The lowest BCUT2D eigenvalue weighted by Gasteiger charge is -2.26. The zero-order valence-corrected chi connectivity index (χ0v) is 13.1. The molecule has 1 saturated carbocycles. The topological polar surface area (TPSA) is 46.1 Å². The lowest BCUT2D eigenvalue weighted by Crippen LogP contribution is -2.38. The van der Waals surface area contributed by atoms with Crippen LogP contribution in [0.5, 0.6) is 0 Å². The van der Waals surface area contributed by atoms with Crippen molar-refractivity contribution in [1.82, 2.24) is 14.9 Å². The Morgan fingerprint density at radius 2 is 1.76 bits per heavy atom. The molecule has 21 heavy (non-hydrogen) atoms. The van der Waals surface area contributed by atoms with Crippen LogP contribution in [0.25, 0.3) is 11.0 Å². The van der Waals surface area contributed by atoms with Crippen molar-refractivity contribution in [2.75, 3.05) is 0 Å². The van der Waals surface area contributed by atoms with Crippen molar-refractivity contribution < 1.29 is 4.79 Å². The van der Waals surface area contributed by atoms with Gasteiger partial charge in [-0.05, 0) is 58.7 Å². The number of hydrogen-bond acceptors (Lipinski definition) is 3. The van der Waals surface area contributed by atoms with Crippen LogP contribution in [-0.4, -0.2) is 32.9 Å². The van der Waals surface area contributed by atoms with E-state index < -0.39 is 0 Å². The highest BCUT2D eigenvalue weighted by Gasteiger charge is 2.34. The molecule has 0 bridgehead atoms. The second-order valence-electron chi connectivity index (χ2n) is 6.14. The number of aryl methyl sites for hydroxylation is 2. The van der Waals surface area contributed by atoms with E-state index in [4.69, 9.17) is 0 Å². The van der Waals surface area contributed by atoms with Crippen LogP contribution in [-0.2, 0) is 0 Å². The van der Waals surface area contributed by atoms with Gasteiger partial charge >= 0.3 is 0 Å². The van der Waals surface area contributed by atoms with Crippen LogP contribution in [0.1, 0.15) is 48.4 Å². The highest BCUT2D eigenvalue weighted by molar-refractivity contribution is 5.97. The van der Waals surface area contributed by atoms with Gasteiger partial charge < -0.3 is 4.90 Å². The van der Waals surface area contributed by atoms with Crippen molar-refractivity contribution in [2.24, 2.45) is 0 Å². The molecule has 0 spiro atoms. The molecule has 1 aliphatic carbocycles. The lowest BCUT2D eigenvalue weighted by atomic mass is 10.1. The number of carbonyl (C=O) groups is 1. The van der Waals surface area contributed by atoms with Gasteiger partial charge in [-0.2, -0.15) is 0 Å². The van der Waals surface area contributed by atoms with Crippen LogP contribution in [0.3, 0.4) is 0 Å². The largest absolute Gasteiger partial charge is 0.333 e. The fourth-order valence-electron chi connectivity index (χ4n) is 2.69. The molecule has 0 saturated heterocycles. The molecule has 1 aromatic heterocycles. The van der Waals surface area contributed by atoms with Gasteiger partial charge in [0.15, 0.2) is 0 Å². The predicted molar refractivity (Wildman–Crippen MR) is 83.3 cm³/mol. The van der Waals surface area contributed by atoms with Gasteiger partial charge in [0.1, 0.15) is 0 Å². The number of fused-ring (bicyclic) bond motifs is 1. The number of hydrogen-bond donors (Lipinski definition) is 0. The Balaban J connectivity index is 2.00. The molecule has 0 radical (unpaired) electrons. The number of carbonyl (C=O) groups excluding carboxylic acids is 1. The molecular formula is C17H21N3O. The average molecular weight is 283 g/mol. The normalized spacial score (nSPS) is 14.7. The maximum Gasteiger partial charge on any atom is 0.254 e. The van der Waals surface area contributed by atoms with Gasteiger partial charge in [-0.1, -0.05) is 0 Å². The average Bonchev–Trinajstić information content (AvgIpc) is 3.24. The zero-order valence-electron chi connectivity index (χ0n) is 13.1. The smallest absolute Gasteiger partial charge is 0.254 e. The first-order chi connectivity index (χ1) is 9.97. The minimum Gasteiger partial charge on any atom is -0.333 e. The van der Waals surface area contributed by atoms with Gasteiger partial charge in [-0.15, -0.1) is 0 Å². The Bertz CT molecular complexity index is 702. The van der Waals surface area contributed by atoms with Crippen molar-refractivity contribution in [3.8, 4) is 0 Å². The summed E-state index contributed by atoms with van der Waals surface area (Å²) in [5.41, 5.74) is 4.19. The third-order valence-electron chi connectivity index (χ3n) is 4.05. The lowest BCUT2D eigenvalue weighted by molar-refractivity contribution is 0.0690. The Morgan fingerprint density at radius 1 is 1.14 bits per heavy atom. The summed E-state index contributed by atoms with van der Waals surface area (Å²) in [6, 6.07) is 6.28. The third kappa shape index (κ3) is 2.62. The Morgan fingerprint density at radius 3 is 2.33 bits per heavy atom. The van der Waals surface area contributed by atoms with Crippen molar-refractivity contribution >= 4 is 16.9 Å². The fourth-order valence-corrected chi connectivity index (χ4v) is 2.69. The summed E-state index contributed by atoms with van der Waals surface area (Å²) in [7, 11) is 0. The summed E-state index contributed by atoms with van der Waals surface area (Å²) in [5.74, 6) is 0.106. The minimum atomic E-state index is 0.106. The summed E-state index contributed by atoms with van der Waals surface area (Å²) in [6.45, 7) is 8.05. The molecule has 1 aliphatic rings. The SMILES string of the molecule is Cc1nc2ccc(C(=O)N(C(C)C)C3CC3)cc2nc1C. The number of amides is 1. The molecule has 1 fully saturated rings. The Hall–Kier alpha value is -1.97. The van der Waals surface area contributed by atoms with E-state index in [1.165, 1.54) is 0 Å². The second-order valence-corrected chi connectivity index (χ2v) is 6.14. The molecule has 2 aromatic rings. The fraction of sp³-hybridized carbons (Fsp3) is 0.471. The van der Waals surface area contributed by atoms with Crippen LogP contribution >= 0.6 is 0 Å². The van der Waals surface area contributed by atoms with Gasteiger partial charge in [-0.3, -0.25) is 4.79 Å². The summed E-state index contributed by atoms with van der Waals surface area (Å²) in [6.07, 6.45) is 2.24. The summed E-state index contributed by atoms with van der Waals surface area (Å²) < 4.78 is 0. The van der Waals surface area contributed by atoms with Crippen LogP contribution in [0.15, 0.2) is 18.2 Å². The van der Waals surface area contributed by atoms with Crippen LogP contribution in [0, 0.1) is 13.8 Å². The quantitative estimate of drug-likeness (QED) is 0.868. The van der Waals surface area contributed by atoms with E-state index in [9.17, 15) is 4.79 Å². The molecule has 0 N–H and O–H groups in total. The van der Waals surface area contributed by atoms with E-state index >= 15 is 0 Å². The first-order valence-corrected chi connectivity index (χ1v) is 7.55. The molecule has 1 heterocycles. The van der Waals surface area contributed by atoms with Crippen molar-refractivity contribution in [3.05, 3.63) is 35.2 Å². The van der Waals surface area contributed by atoms with E-state index in [1.54, 1.807) is 0 Å². The van der Waals surface area contributed by atoms with Crippen molar-refractivity contribution in [1.29, 1.82) is 0 Å². The zero-order chi connectivity index (χ0) is 15.1. The number of aromatic nitrogens is 2. The highest BCUT2D eigenvalue weighted by Crippen LogP contribution is 2.30. The summed E-state index contributed by atoms with van der Waals surface area (Å²) >= 11 is 0. The standard InChI is InChI=1S/C17H21N3O/c1-10(2)20(14-6-7-14)17(21)13-5-8-15-16(9-13)19-12(4)11(3)18-15/h5,8-10,14H,6-7H2,1-4H3. The highest BCUT2D eigenvalue weighted by atomic mass is 16.2. The van der Waals surface area contributed by atoms with Gasteiger partial charge in [-0.25, -0.2) is 9.97 Å². The van der Waals surface area contributed by atoms with E-state index in [2.05, 4.69) is 23.8 Å². The molecule has 4 nitrogen and oxygen atoms in total. The van der Waals surface area contributed by atoms with Crippen LogP contribution in [0.4, 0.5) is 0 Å². The molecular weight excluding hydrogens is 262 g/mol. The van der Waals surface area contributed by atoms with Gasteiger partial charge in [0.2, 0.25) is 0 Å². The van der Waals surface area contributed by atoms with Gasteiger partial charge in [0.25, 0.3) is 5.91 Å². The number of nitrogens with zero attached hydrogens (tertiary/aromatic N) is 3. The van der Waals surface area contributed by atoms with Gasteiger partial charge in [0.05, 0.1) is 22.4 Å². The molecule has 3 rings (SSSR count). The number of rotatable bonds is 3. The molecule has 0 unspecified atom stereocenters. The molecule has 0 atom stereocenters. The summed E-state index contributed by atoms with van der Waals surface area (Å²) in [5, 5.41) is 0.